The Bertz CT molecular complexity index is 563. The third-order valence-corrected chi connectivity index (χ3v) is 3.57. The lowest BCUT2D eigenvalue weighted by atomic mass is 10.0. The number of phenols is 1. The summed E-state index contributed by atoms with van der Waals surface area (Å²) in [5.41, 5.74) is 4.45. The second-order valence-corrected chi connectivity index (χ2v) is 5.04. The number of rotatable bonds is 4. The minimum absolute atomic E-state index is 0.265. The van der Waals surface area contributed by atoms with Gasteiger partial charge in [-0.1, -0.05) is 42.5 Å². The molecule has 100 valence electrons. The van der Waals surface area contributed by atoms with Gasteiger partial charge in [-0.05, 0) is 37.5 Å². The molecule has 2 nitrogen and oxygen atoms in total. The first-order valence-electron chi connectivity index (χ1n) is 6.66. The van der Waals surface area contributed by atoms with E-state index in [1.807, 2.05) is 25.1 Å². The maximum Gasteiger partial charge on any atom is 0.122 e. The molecule has 0 heterocycles. The van der Waals surface area contributed by atoms with Crippen molar-refractivity contribution >= 4 is 0 Å². The fourth-order valence-electron chi connectivity index (χ4n) is 2.31. The minimum atomic E-state index is 0.265. The number of aromatic hydroxyl groups is 1. The highest BCUT2D eigenvalue weighted by atomic mass is 16.3. The van der Waals surface area contributed by atoms with Crippen LogP contribution in [0.1, 0.15) is 35.2 Å². The maximum absolute atomic E-state index is 10.00. The van der Waals surface area contributed by atoms with Gasteiger partial charge in [-0.3, -0.25) is 0 Å². The maximum atomic E-state index is 10.00. The Hall–Kier alpha value is -1.80. The zero-order chi connectivity index (χ0) is 13.8. The average Bonchev–Trinajstić information content (AvgIpc) is 2.40. The van der Waals surface area contributed by atoms with Crippen LogP contribution in [0.3, 0.4) is 0 Å². The first-order chi connectivity index (χ1) is 9.09. The Morgan fingerprint density at radius 2 is 1.68 bits per heavy atom. The van der Waals surface area contributed by atoms with E-state index in [4.69, 9.17) is 0 Å². The first kappa shape index (κ1) is 13.6. The molecule has 0 saturated heterocycles. The van der Waals surface area contributed by atoms with Crippen molar-refractivity contribution in [3.05, 3.63) is 64.7 Å². The Balaban J connectivity index is 2.07. The van der Waals surface area contributed by atoms with Gasteiger partial charge in [-0.15, -0.1) is 0 Å². The van der Waals surface area contributed by atoms with E-state index in [9.17, 15) is 5.11 Å². The smallest absolute Gasteiger partial charge is 0.122 e. The van der Waals surface area contributed by atoms with E-state index >= 15 is 0 Å². The van der Waals surface area contributed by atoms with Crippen molar-refractivity contribution in [1.82, 2.24) is 5.32 Å². The summed E-state index contributed by atoms with van der Waals surface area (Å²) < 4.78 is 0. The highest BCUT2D eigenvalue weighted by Crippen LogP contribution is 2.23. The molecule has 0 aliphatic carbocycles. The SMILES string of the molecule is Cc1ccccc1[C@H](C)NCc1cccc(C)c1O. The van der Waals surface area contributed by atoms with Gasteiger partial charge < -0.3 is 10.4 Å². The molecular formula is C17H21NO. The van der Waals surface area contributed by atoms with Crippen molar-refractivity contribution in [2.45, 2.75) is 33.4 Å². The Kier molecular flexibility index (Phi) is 4.23. The quantitative estimate of drug-likeness (QED) is 0.869. The van der Waals surface area contributed by atoms with Crippen LogP contribution in [0.5, 0.6) is 5.75 Å². The predicted octanol–water partition coefficient (Wildman–Crippen LogP) is 3.86. The van der Waals surface area contributed by atoms with Crippen LogP contribution < -0.4 is 5.32 Å². The topological polar surface area (TPSA) is 32.3 Å². The van der Waals surface area contributed by atoms with E-state index in [1.165, 1.54) is 11.1 Å². The van der Waals surface area contributed by atoms with Gasteiger partial charge in [-0.2, -0.15) is 0 Å². The molecule has 0 aromatic heterocycles. The van der Waals surface area contributed by atoms with Gasteiger partial charge in [0.25, 0.3) is 0 Å². The van der Waals surface area contributed by atoms with Crippen molar-refractivity contribution in [3.8, 4) is 5.75 Å². The van der Waals surface area contributed by atoms with Crippen LogP contribution in [0.15, 0.2) is 42.5 Å². The molecular weight excluding hydrogens is 234 g/mol. The molecule has 0 saturated carbocycles. The standard InChI is InChI=1S/C17H21NO/c1-12-7-4-5-10-16(12)14(3)18-11-15-9-6-8-13(2)17(15)19/h4-10,14,18-19H,11H2,1-3H3/t14-/m0/s1. The Morgan fingerprint density at radius 1 is 1.00 bits per heavy atom. The summed E-state index contributed by atoms with van der Waals surface area (Å²) in [6, 6.07) is 14.5. The molecule has 0 radical (unpaired) electrons. The van der Waals surface area contributed by atoms with Crippen molar-refractivity contribution < 1.29 is 5.11 Å². The Morgan fingerprint density at radius 3 is 2.42 bits per heavy atom. The molecule has 0 unspecified atom stereocenters. The van der Waals surface area contributed by atoms with E-state index < -0.39 is 0 Å². The van der Waals surface area contributed by atoms with Crippen LogP contribution in [-0.4, -0.2) is 5.11 Å². The molecule has 2 heteroatoms. The summed E-state index contributed by atoms with van der Waals surface area (Å²) in [6.45, 7) is 6.86. The van der Waals surface area contributed by atoms with E-state index in [-0.39, 0.29) is 6.04 Å². The normalized spacial score (nSPS) is 12.4. The summed E-state index contributed by atoms with van der Waals surface area (Å²) in [7, 11) is 0. The van der Waals surface area contributed by atoms with E-state index in [0.29, 0.717) is 12.3 Å². The third kappa shape index (κ3) is 3.15. The molecule has 19 heavy (non-hydrogen) atoms. The first-order valence-corrected chi connectivity index (χ1v) is 6.66. The monoisotopic (exact) mass is 255 g/mol. The summed E-state index contributed by atoms with van der Waals surface area (Å²) in [4.78, 5) is 0. The molecule has 0 aliphatic rings. The van der Waals surface area contributed by atoms with Gasteiger partial charge in [-0.25, -0.2) is 0 Å². The molecule has 2 aromatic rings. The van der Waals surface area contributed by atoms with E-state index in [2.05, 4.69) is 43.4 Å². The molecule has 0 bridgehead atoms. The second kappa shape index (κ2) is 5.89. The highest BCUT2D eigenvalue weighted by molar-refractivity contribution is 5.39. The molecule has 0 spiro atoms. The number of para-hydroxylation sites is 1. The fraction of sp³-hybridized carbons (Fsp3) is 0.294. The third-order valence-electron chi connectivity index (χ3n) is 3.57. The zero-order valence-corrected chi connectivity index (χ0v) is 11.8. The number of aryl methyl sites for hydroxylation is 2. The molecule has 0 fully saturated rings. The van der Waals surface area contributed by atoms with Crippen LogP contribution in [0.4, 0.5) is 0 Å². The van der Waals surface area contributed by atoms with Gasteiger partial charge in [0.2, 0.25) is 0 Å². The van der Waals surface area contributed by atoms with E-state index in [0.717, 1.165) is 11.1 Å². The lowest BCUT2D eigenvalue weighted by Gasteiger charge is -2.17. The lowest BCUT2D eigenvalue weighted by Crippen LogP contribution is -2.19. The second-order valence-electron chi connectivity index (χ2n) is 5.04. The molecule has 2 aromatic carbocycles. The van der Waals surface area contributed by atoms with Gasteiger partial charge >= 0.3 is 0 Å². The van der Waals surface area contributed by atoms with Crippen LogP contribution >= 0.6 is 0 Å². The average molecular weight is 255 g/mol. The largest absolute Gasteiger partial charge is 0.507 e. The molecule has 0 aliphatic heterocycles. The Labute approximate surface area is 115 Å². The summed E-state index contributed by atoms with van der Waals surface area (Å²) in [6.07, 6.45) is 0. The molecule has 0 amide bonds. The molecule has 1 atom stereocenters. The number of benzene rings is 2. The van der Waals surface area contributed by atoms with Crippen molar-refractivity contribution in [2.24, 2.45) is 0 Å². The number of hydrogen-bond donors (Lipinski definition) is 2. The molecule has 2 rings (SSSR count). The zero-order valence-electron chi connectivity index (χ0n) is 11.8. The molecule has 2 N–H and O–H groups in total. The highest BCUT2D eigenvalue weighted by Gasteiger charge is 2.09. The number of nitrogens with one attached hydrogen (secondary N) is 1. The van der Waals surface area contributed by atoms with Gasteiger partial charge in [0.15, 0.2) is 0 Å². The van der Waals surface area contributed by atoms with Crippen LogP contribution in [0.2, 0.25) is 0 Å². The van der Waals surface area contributed by atoms with Crippen LogP contribution in [0.25, 0.3) is 0 Å². The minimum Gasteiger partial charge on any atom is -0.507 e. The van der Waals surface area contributed by atoms with Gasteiger partial charge in [0, 0.05) is 18.2 Å². The summed E-state index contributed by atoms with van der Waals surface area (Å²) in [5, 5.41) is 13.5. The van der Waals surface area contributed by atoms with Crippen molar-refractivity contribution in [2.75, 3.05) is 0 Å². The van der Waals surface area contributed by atoms with Crippen LogP contribution in [0, 0.1) is 13.8 Å². The summed E-state index contributed by atoms with van der Waals surface area (Å²) in [5.74, 6) is 0.395. The van der Waals surface area contributed by atoms with Crippen LogP contribution in [-0.2, 0) is 6.54 Å². The lowest BCUT2D eigenvalue weighted by molar-refractivity contribution is 0.456. The number of phenolic OH excluding ortho intramolecular Hbond substituents is 1. The van der Waals surface area contributed by atoms with Crippen molar-refractivity contribution in [3.63, 3.8) is 0 Å². The van der Waals surface area contributed by atoms with E-state index in [1.54, 1.807) is 0 Å². The fourth-order valence-corrected chi connectivity index (χ4v) is 2.31. The van der Waals surface area contributed by atoms with Gasteiger partial charge in [0.1, 0.15) is 5.75 Å². The predicted molar refractivity (Wildman–Crippen MR) is 79.3 cm³/mol. The van der Waals surface area contributed by atoms with Gasteiger partial charge in [0.05, 0.1) is 0 Å². The summed E-state index contributed by atoms with van der Waals surface area (Å²) >= 11 is 0. The van der Waals surface area contributed by atoms with Crippen molar-refractivity contribution in [1.29, 1.82) is 0 Å². The number of hydrogen-bond acceptors (Lipinski definition) is 2.